The van der Waals surface area contributed by atoms with Crippen LogP contribution in [0.3, 0.4) is 0 Å². The maximum Gasteiger partial charge on any atom is 0.260 e. The van der Waals surface area contributed by atoms with E-state index in [0.717, 1.165) is 19.3 Å². The molecule has 0 bridgehead atoms. The Kier molecular flexibility index (Phi) is 6.90. The second-order valence-corrected chi connectivity index (χ2v) is 5.91. The lowest BCUT2D eigenvalue weighted by Crippen LogP contribution is -2.47. The summed E-state index contributed by atoms with van der Waals surface area (Å²) >= 11 is 0. The quantitative estimate of drug-likeness (QED) is 0.828. The third-order valence-corrected chi connectivity index (χ3v) is 4.11. The standard InChI is InChI=1S/C18H26N2O4/c1-3-6-17(21)19-14-9-11-20(12-10-14)18(22)13-24-16-8-5-4-7-15(16)23-2/h4-5,7-8,14H,3,6,9-13H2,1-2H3,(H,19,21). The fourth-order valence-electron chi connectivity index (χ4n) is 2.77. The highest BCUT2D eigenvalue weighted by atomic mass is 16.5. The SMILES string of the molecule is CCCC(=O)NC1CCN(C(=O)COc2ccccc2OC)CC1. The van der Waals surface area contributed by atoms with Gasteiger partial charge >= 0.3 is 0 Å². The molecular weight excluding hydrogens is 308 g/mol. The molecule has 2 amide bonds. The summed E-state index contributed by atoms with van der Waals surface area (Å²) < 4.78 is 10.8. The van der Waals surface area contributed by atoms with E-state index in [4.69, 9.17) is 9.47 Å². The number of methoxy groups -OCH3 is 1. The second kappa shape index (κ2) is 9.15. The van der Waals surface area contributed by atoms with Crippen LogP contribution in [0.5, 0.6) is 11.5 Å². The van der Waals surface area contributed by atoms with Gasteiger partial charge in [0.25, 0.3) is 5.91 Å². The molecule has 1 aromatic rings. The molecule has 1 saturated heterocycles. The number of carbonyl (C=O) groups is 2. The Hall–Kier alpha value is -2.24. The van der Waals surface area contributed by atoms with Crippen LogP contribution in [0.25, 0.3) is 0 Å². The molecule has 1 N–H and O–H groups in total. The van der Waals surface area contributed by atoms with Gasteiger partial charge in [0.2, 0.25) is 5.91 Å². The van der Waals surface area contributed by atoms with Crippen molar-refractivity contribution in [3.63, 3.8) is 0 Å². The van der Waals surface area contributed by atoms with Crippen molar-refractivity contribution in [3.05, 3.63) is 24.3 Å². The van der Waals surface area contributed by atoms with Crippen LogP contribution < -0.4 is 14.8 Å². The zero-order valence-corrected chi connectivity index (χ0v) is 14.4. The van der Waals surface area contributed by atoms with Gasteiger partial charge in [-0.1, -0.05) is 19.1 Å². The zero-order valence-electron chi connectivity index (χ0n) is 14.4. The number of hydrogen-bond acceptors (Lipinski definition) is 4. The minimum absolute atomic E-state index is 0.00671. The van der Waals surface area contributed by atoms with Gasteiger partial charge in [-0.3, -0.25) is 9.59 Å². The first-order valence-corrected chi connectivity index (χ1v) is 8.47. The Balaban J connectivity index is 1.75. The average Bonchev–Trinajstić information content (AvgIpc) is 2.60. The number of rotatable bonds is 7. The molecule has 0 spiro atoms. The molecule has 0 unspecified atom stereocenters. The minimum Gasteiger partial charge on any atom is -0.493 e. The molecule has 6 nitrogen and oxygen atoms in total. The molecule has 0 radical (unpaired) electrons. The lowest BCUT2D eigenvalue weighted by molar-refractivity contribution is -0.134. The van der Waals surface area contributed by atoms with E-state index < -0.39 is 0 Å². The lowest BCUT2D eigenvalue weighted by Gasteiger charge is -2.32. The van der Waals surface area contributed by atoms with Crippen molar-refractivity contribution in [1.29, 1.82) is 0 Å². The van der Waals surface area contributed by atoms with Crippen molar-refractivity contribution in [2.45, 2.75) is 38.6 Å². The van der Waals surface area contributed by atoms with Crippen LogP contribution in [0.2, 0.25) is 0 Å². The van der Waals surface area contributed by atoms with Crippen molar-refractivity contribution >= 4 is 11.8 Å². The number of nitrogens with one attached hydrogen (secondary N) is 1. The molecule has 0 saturated carbocycles. The molecule has 0 aromatic heterocycles. The van der Waals surface area contributed by atoms with Gasteiger partial charge in [-0.05, 0) is 31.4 Å². The van der Waals surface area contributed by atoms with E-state index in [0.29, 0.717) is 31.0 Å². The van der Waals surface area contributed by atoms with Crippen molar-refractivity contribution in [3.8, 4) is 11.5 Å². The largest absolute Gasteiger partial charge is 0.493 e. The number of piperidine rings is 1. The monoisotopic (exact) mass is 334 g/mol. The molecule has 6 heteroatoms. The van der Waals surface area contributed by atoms with Crippen LogP contribution in [-0.2, 0) is 9.59 Å². The van der Waals surface area contributed by atoms with Crippen molar-refractivity contribution < 1.29 is 19.1 Å². The molecule has 1 aliphatic heterocycles. The number of para-hydroxylation sites is 2. The number of hydrogen-bond donors (Lipinski definition) is 1. The van der Waals surface area contributed by atoms with Crippen LogP contribution in [-0.4, -0.2) is 49.6 Å². The van der Waals surface area contributed by atoms with Crippen molar-refractivity contribution in [1.82, 2.24) is 10.2 Å². The topological polar surface area (TPSA) is 67.9 Å². The van der Waals surface area contributed by atoms with Gasteiger partial charge in [-0.15, -0.1) is 0 Å². The molecule has 1 heterocycles. The van der Waals surface area contributed by atoms with Gasteiger partial charge in [0.1, 0.15) is 0 Å². The summed E-state index contributed by atoms with van der Waals surface area (Å²) in [6.45, 7) is 3.27. The Labute approximate surface area is 143 Å². The number of nitrogens with zero attached hydrogens (tertiary/aromatic N) is 1. The number of carbonyl (C=O) groups excluding carboxylic acids is 2. The number of amides is 2. The van der Waals surface area contributed by atoms with Crippen LogP contribution in [0, 0.1) is 0 Å². The van der Waals surface area contributed by atoms with Gasteiger partial charge in [-0.25, -0.2) is 0 Å². The Morgan fingerprint density at radius 1 is 1.21 bits per heavy atom. The van der Waals surface area contributed by atoms with Gasteiger partial charge in [0.05, 0.1) is 7.11 Å². The first kappa shape index (κ1) is 18.1. The smallest absolute Gasteiger partial charge is 0.260 e. The summed E-state index contributed by atoms with van der Waals surface area (Å²) in [4.78, 5) is 25.7. The molecule has 24 heavy (non-hydrogen) atoms. The molecule has 1 aliphatic rings. The van der Waals surface area contributed by atoms with Gasteiger partial charge < -0.3 is 19.7 Å². The summed E-state index contributed by atoms with van der Waals surface area (Å²) in [7, 11) is 1.57. The average molecular weight is 334 g/mol. The van der Waals surface area contributed by atoms with E-state index in [9.17, 15) is 9.59 Å². The normalized spacial score (nSPS) is 15.0. The fraction of sp³-hybridized carbons (Fsp3) is 0.556. The predicted octanol–water partition coefficient (Wildman–Crippen LogP) is 1.98. The summed E-state index contributed by atoms with van der Waals surface area (Å²) in [5.74, 6) is 1.23. The summed E-state index contributed by atoms with van der Waals surface area (Å²) in [6.07, 6.45) is 2.99. The van der Waals surface area contributed by atoms with Gasteiger partial charge in [-0.2, -0.15) is 0 Å². The van der Waals surface area contributed by atoms with E-state index in [1.54, 1.807) is 24.1 Å². The van der Waals surface area contributed by atoms with Gasteiger partial charge in [0, 0.05) is 25.6 Å². The Morgan fingerprint density at radius 3 is 2.50 bits per heavy atom. The highest BCUT2D eigenvalue weighted by Gasteiger charge is 2.24. The maximum atomic E-state index is 12.3. The van der Waals surface area contributed by atoms with Crippen LogP contribution in [0.15, 0.2) is 24.3 Å². The predicted molar refractivity (Wildman–Crippen MR) is 91.1 cm³/mol. The minimum atomic E-state index is -0.0424. The molecule has 132 valence electrons. The first-order chi connectivity index (χ1) is 11.6. The van der Waals surface area contributed by atoms with Crippen molar-refractivity contribution in [2.24, 2.45) is 0 Å². The van der Waals surface area contributed by atoms with Crippen LogP contribution in [0.1, 0.15) is 32.6 Å². The highest BCUT2D eigenvalue weighted by Crippen LogP contribution is 2.25. The molecule has 1 fully saturated rings. The number of ether oxygens (including phenoxy) is 2. The third-order valence-electron chi connectivity index (χ3n) is 4.11. The summed E-state index contributed by atoms with van der Waals surface area (Å²) in [5.41, 5.74) is 0. The Bertz CT molecular complexity index is 554. The van der Waals surface area contributed by atoms with Crippen molar-refractivity contribution in [2.75, 3.05) is 26.8 Å². The molecule has 0 aliphatic carbocycles. The molecule has 2 rings (SSSR count). The Morgan fingerprint density at radius 2 is 1.88 bits per heavy atom. The number of benzene rings is 1. The fourth-order valence-corrected chi connectivity index (χ4v) is 2.77. The highest BCUT2D eigenvalue weighted by molar-refractivity contribution is 5.78. The van der Waals surface area contributed by atoms with Crippen LogP contribution in [0.4, 0.5) is 0 Å². The molecular formula is C18H26N2O4. The molecule has 1 aromatic carbocycles. The lowest BCUT2D eigenvalue weighted by atomic mass is 10.0. The van der Waals surface area contributed by atoms with E-state index >= 15 is 0 Å². The first-order valence-electron chi connectivity index (χ1n) is 8.47. The third kappa shape index (κ3) is 5.15. The number of likely N-dealkylation sites (tertiary alicyclic amines) is 1. The van der Waals surface area contributed by atoms with E-state index in [-0.39, 0.29) is 24.5 Å². The van der Waals surface area contributed by atoms with E-state index in [1.165, 1.54) is 0 Å². The van der Waals surface area contributed by atoms with E-state index in [1.807, 2.05) is 19.1 Å². The molecule has 0 atom stereocenters. The van der Waals surface area contributed by atoms with E-state index in [2.05, 4.69) is 5.32 Å². The summed E-state index contributed by atoms with van der Waals surface area (Å²) in [5, 5.41) is 3.03. The zero-order chi connectivity index (χ0) is 17.4. The second-order valence-electron chi connectivity index (χ2n) is 5.91. The maximum absolute atomic E-state index is 12.3. The van der Waals surface area contributed by atoms with Crippen LogP contribution >= 0.6 is 0 Å². The van der Waals surface area contributed by atoms with Gasteiger partial charge in [0.15, 0.2) is 18.1 Å². The summed E-state index contributed by atoms with van der Waals surface area (Å²) in [6, 6.07) is 7.44.